The summed E-state index contributed by atoms with van der Waals surface area (Å²) in [6.45, 7) is 4.66. The highest BCUT2D eigenvalue weighted by Gasteiger charge is 2.18. The van der Waals surface area contributed by atoms with Crippen molar-refractivity contribution >= 4 is 27.7 Å². The Labute approximate surface area is 183 Å². The van der Waals surface area contributed by atoms with Gasteiger partial charge >= 0.3 is 0 Å². The van der Waals surface area contributed by atoms with Crippen molar-refractivity contribution in [2.75, 3.05) is 27.9 Å². The Morgan fingerprint density at radius 1 is 0.867 bits per heavy atom. The monoisotopic (exact) mass is 480 g/mol. The van der Waals surface area contributed by atoms with Crippen LogP contribution in [0.3, 0.4) is 0 Å². The summed E-state index contributed by atoms with van der Waals surface area (Å²) < 4.78 is 22.0. The molecule has 0 spiro atoms. The van der Waals surface area contributed by atoms with Crippen molar-refractivity contribution in [2.24, 2.45) is 5.92 Å². The number of hydrazine groups is 1. The molecule has 0 aliphatic heterocycles. The molecule has 0 saturated carbocycles. The smallest absolute Gasteiger partial charge is 0.269 e. The van der Waals surface area contributed by atoms with E-state index in [0.717, 1.165) is 0 Å². The summed E-state index contributed by atoms with van der Waals surface area (Å²) in [5.74, 6) is 1.02. The first-order chi connectivity index (χ1) is 14.3. The van der Waals surface area contributed by atoms with E-state index in [4.69, 9.17) is 18.9 Å². The molecule has 0 radical (unpaired) electrons. The molecule has 8 nitrogen and oxygen atoms in total. The number of hydrogen-bond donors (Lipinski definition) is 2. The number of carbonyl (C=O) groups excluding carboxylic acids is 2. The van der Waals surface area contributed by atoms with Gasteiger partial charge in [0.15, 0.2) is 11.5 Å². The van der Waals surface area contributed by atoms with Gasteiger partial charge in [-0.3, -0.25) is 20.4 Å². The van der Waals surface area contributed by atoms with E-state index in [9.17, 15) is 9.59 Å². The number of benzene rings is 2. The Kier molecular flexibility index (Phi) is 8.35. The highest BCUT2D eigenvalue weighted by Crippen LogP contribution is 2.38. The second-order valence-corrected chi connectivity index (χ2v) is 7.53. The minimum atomic E-state index is -0.543. The minimum absolute atomic E-state index is 0.225. The number of methoxy groups -OCH3 is 3. The molecule has 162 valence electrons. The predicted octanol–water partition coefficient (Wildman–Crippen LogP) is 3.58. The molecule has 2 rings (SSSR count). The summed E-state index contributed by atoms with van der Waals surface area (Å²) in [5, 5.41) is 0. The number of amides is 2. The Hall–Kier alpha value is -2.94. The standard InChI is InChI=1S/C21H25BrN2O6/c1-12(2)11-30-16-7-6-13(8-15(16)22)20(25)23-24-21(26)14-9-17(27-3)19(29-5)18(10-14)28-4/h6-10,12H,11H2,1-5H3,(H,23,25)(H,24,26). The maximum absolute atomic E-state index is 12.5. The molecule has 0 aliphatic carbocycles. The first kappa shape index (κ1) is 23.3. The van der Waals surface area contributed by atoms with Crippen LogP contribution in [0.5, 0.6) is 23.0 Å². The van der Waals surface area contributed by atoms with Gasteiger partial charge in [0.25, 0.3) is 11.8 Å². The zero-order valence-electron chi connectivity index (χ0n) is 17.5. The van der Waals surface area contributed by atoms with Crippen LogP contribution in [-0.4, -0.2) is 39.8 Å². The summed E-state index contributed by atoms with van der Waals surface area (Å²) >= 11 is 3.40. The zero-order chi connectivity index (χ0) is 22.3. The summed E-state index contributed by atoms with van der Waals surface area (Å²) in [5.41, 5.74) is 5.34. The Balaban J connectivity index is 2.07. The van der Waals surface area contributed by atoms with Gasteiger partial charge in [0, 0.05) is 11.1 Å². The van der Waals surface area contributed by atoms with E-state index < -0.39 is 11.8 Å². The minimum Gasteiger partial charge on any atom is -0.493 e. The van der Waals surface area contributed by atoms with Crippen LogP contribution in [0.4, 0.5) is 0 Å². The molecule has 0 fully saturated rings. The second kappa shape index (κ2) is 10.7. The van der Waals surface area contributed by atoms with E-state index in [1.165, 1.54) is 33.5 Å². The molecule has 2 amide bonds. The summed E-state index contributed by atoms with van der Waals surface area (Å²) in [6.07, 6.45) is 0. The van der Waals surface area contributed by atoms with Gasteiger partial charge in [0.1, 0.15) is 5.75 Å². The van der Waals surface area contributed by atoms with E-state index in [2.05, 4.69) is 26.8 Å². The van der Waals surface area contributed by atoms with Gasteiger partial charge in [-0.05, 0) is 52.2 Å². The van der Waals surface area contributed by atoms with E-state index in [1.54, 1.807) is 18.2 Å². The van der Waals surface area contributed by atoms with Crippen LogP contribution in [0.15, 0.2) is 34.8 Å². The normalized spacial score (nSPS) is 10.4. The largest absolute Gasteiger partial charge is 0.493 e. The van der Waals surface area contributed by atoms with E-state index in [-0.39, 0.29) is 5.56 Å². The second-order valence-electron chi connectivity index (χ2n) is 6.67. The third kappa shape index (κ3) is 5.79. The number of halogens is 1. The van der Waals surface area contributed by atoms with Crippen molar-refractivity contribution < 1.29 is 28.5 Å². The molecular formula is C21H25BrN2O6. The highest BCUT2D eigenvalue weighted by atomic mass is 79.9. The lowest BCUT2D eigenvalue weighted by atomic mass is 10.1. The average molecular weight is 481 g/mol. The van der Waals surface area contributed by atoms with Crippen LogP contribution in [0.2, 0.25) is 0 Å². The predicted molar refractivity (Wildman–Crippen MR) is 116 cm³/mol. The van der Waals surface area contributed by atoms with E-state index in [1.807, 2.05) is 13.8 Å². The Bertz CT molecular complexity index is 891. The molecule has 0 atom stereocenters. The van der Waals surface area contributed by atoms with Gasteiger partial charge in [-0.25, -0.2) is 0 Å². The molecule has 0 heterocycles. The third-order valence-corrected chi connectivity index (χ3v) is 4.60. The third-order valence-electron chi connectivity index (χ3n) is 3.98. The van der Waals surface area contributed by atoms with Crippen LogP contribution in [0, 0.1) is 5.92 Å². The molecule has 0 aromatic heterocycles. The van der Waals surface area contributed by atoms with Crippen molar-refractivity contribution in [1.29, 1.82) is 0 Å². The van der Waals surface area contributed by atoms with Gasteiger partial charge < -0.3 is 18.9 Å². The van der Waals surface area contributed by atoms with Crippen LogP contribution >= 0.6 is 15.9 Å². The van der Waals surface area contributed by atoms with Crippen molar-refractivity contribution in [3.8, 4) is 23.0 Å². The fourth-order valence-corrected chi connectivity index (χ4v) is 2.98. The van der Waals surface area contributed by atoms with Crippen LogP contribution in [0.1, 0.15) is 34.6 Å². The lowest BCUT2D eigenvalue weighted by Gasteiger charge is -2.14. The molecule has 9 heteroatoms. The number of rotatable bonds is 8. The molecule has 0 aliphatic rings. The lowest BCUT2D eigenvalue weighted by molar-refractivity contribution is 0.0846. The van der Waals surface area contributed by atoms with Gasteiger partial charge in [-0.15, -0.1) is 0 Å². The Morgan fingerprint density at radius 3 is 1.90 bits per heavy atom. The van der Waals surface area contributed by atoms with Gasteiger partial charge in [0.05, 0.1) is 32.4 Å². The molecule has 0 unspecified atom stereocenters. The fourth-order valence-electron chi connectivity index (χ4n) is 2.49. The molecule has 30 heavy (non-hydrogen) atoms. The number of hydrogen-bond acceptors (Lipinski definition) is 6. The fraction of sp³-hybridized carbons (Fsp3) is 0.333. The van der Waals surface area contributed by atoms with E-state index in [0.29, 0.717) is 45.6 Å². The topological polar surface area (TPSA) is 95.1 Å². The van der Waals surface area contributed by atoms with E-state index >= 15 is 0 Å². The van der Waals surface area contributed by atoms with Gasteiger partial charge in [-0.2, -0.15) is 0 Å². The van der Waals surface area contributed by atoms with Crippen molar-refractivity contribution in [3.05, 3.63) is 45.9 Å². The highest BCUT2D eigenvalue weighted by molar-refractivity contribution is 9.10. The number of nitrogens with one attached hydrogen (secondary N) is 2. The van der Waals surface area contributed by atoms with Crippen molar-refractivity contribution in [2.45, 2.75) is 13.8 Å². The Morgan fingerprint density at radius 2 is 1.43 bits per heavy atom. The number of ether oxygens (including phenoxy) is 4. The molecule has 2 aromatic rings. The van der Waals surface area contributed by atoms with Gasteiger partial charge in [0.2, 0.25) is 5.75 Å². The number of carbonyl (C=O) groups is 2. The summed E-state index contributed by atoms with van der Waals surface area (Å²) in [7, 11) is 4.37. The summed E-state index contributed by atoms with van der Waals surface area (Å²) in [4.78, 5) is 24.9. The van der Waals surface area contributed by atoms with Crippen molar-refractivity contribution in [1.82, 2.24) is 10.9 Å². The lowest BCUT2D eigenvalue weighted by Crippen LogP contribution is -2.41. The molecular weight excluding hydrogens is 456 g/mol. The summed E-state index contributed by atoms with van der Waals surface area (Å²) in [6, 6.07) is 7.90. The first-order valence-corrected chi connectivity index (χ1v) is 9.93. The molecule has 0 saturated heterocycles. The maximum Gasteiger partial charge on any atom is 0.269 e. The van der Waals surface area contributed by atoms with Crippen LogP contribution in [-0.2, 0) is 0 Å². The van der Waals surface area contributed by atoms with Crippen molar-refractivity contribution in [3.63, 3.8) is 0 Å². The molecule has 2 N–H and O–H groups in total. The maximum atomic E-state index is 12.5. The first-order valence-electron chi connectivity index (χ1n) is 9.13. The average Bonchev–Trinajstić information content (AvgIpc) is 2.74. The van der Waals surface area contributed by atoms with Crippen LogP contribution < -0.4 is 29.8 Å². The zero-order valence-corrected chi connectivity index (χ0v) is 19.1. The quantitative estimate of drug-likeness (QED) is 0.560. The van der Waals surface area contributed by atoms with Crippen LogP contribution in [0.25, 0.3) is 0 Å². The van der Waals surface area contributed by atoms with Gasteiger partial charge in [-0.1, -0.05) is 13.8 Å². The SMILES string of the molecule is COc1cc(C(=O)NNC(=O)c2ccc(OCC(C)C)c(Br)c2)cc(OC)c1OC. The molecule has 2 aromatic carbocycles. The molecule has 0 bridgehead atoms.